The lowest BCUT2D eigenvalue weighted by Gasteiger charge is -2.27. The first-order chi connectivity index (χ1) is 14.2. The minimum Gasteiger partial charge on any atom is -0.444 e. The summed E-state index contributed by atoms with van der Waals surface area (Å²) in [6.45, 7) is 5.86. The fraction of sp³-hybridized carbons (Fsp3) is 0.348. The van der Waals surface area contributed by atoms with E-state index in [0.717, 1.165) is 16.6 Å². The predicted molar refractivity (Wildman–Crippen MR) is 119 cm³/mol. The number of nitriles is 1. The van der Waals surface area contributed by atoms with Crippen molar-refractivity contribution in [3.63, 3.8) is 0 Å². The van der Waals surface area contributed by atoms with Gasteiger partial charge < -0.3 is 9.72 Å². The van der Waals surface area contributed by atoms with E-state index in [4.69, 9.17) is 4.74 Å². The molecule has 2 aromatic carbocycles. The highest BCUT2D eigenvalue weighted by Gasteiger charge is 2.40. The van der Waals surface area contributed by atoms with Gasteiger partial charge in [-0.1, -0.05) is 35.8 Å². The lowest BCUT2D eigenvalue weighted by atomic mass is 9.93. The maximum Gasteiger partial charge on any atom is 0.410 e. The SMILES string of the molecule is Bc1ccc2cc(-c3cnc([C@H]4C[C@@H](C#N)CN4C(=O)OC(C)(C)C)[nH]3)ccc2c1. The van der Waals surface area contributed by atoms with Gasteiger partial charge in [0.2, 0.25) is 0 Å². The Morgan fingerprint density at radius 1 is 1.27 bits per heavy atom. The molecular formula is C23H25BN4O2. The highest BCUT2D eigenvalue weighted by molar-refractivity contribution is 6.33. The predicted octanol–water partition coefficient (Wildman–Crippen LogP) is 3.31. The third kappa shape index (κ3) is 4.04. The topological polar surface area (TPSA) is 82.0 Å². The molecule has 2 heterocycles. The number of nitrogens with one attached hydrogen (secondary N) is 1. The number of carbonyl (C=O) groups excluding carboxylic acids is 1. The van der Waals surface area contributed by atoms with E-state index >= 15 is 0 Å². The first-order valence-corrected chi connectivity index (χ1v) is 10.2. The van der Waals surface area contributed by atoms with E-state index in [-0.39, 0.29) is 12.0 Å². The molecule has 152 valence electrons. The summed E-state index contributed by atoms with van der Waals surface area (Å²) in [5.74, 6) is 0.442. The molecule has 1 aliphatic heterocycles. The van der Waals surface area contributed by atoms with E-state index in [9.17, 15) is 10.1 Å². The van der Waals surface area contributed by atoms with Crippen molar-refractivity contribution in [3.8, 4) is 17.3 Å². The Kier molecular flexibility index (Phi) is 5.02. The van der Waals surface area contributed by atoms with E-state index in [0.29, 0.717) is 18.8 Å². The first kappa shape index (κ1) is 20.0. The van der Waals surface area contributed by atoms with Crippen molar-refractivity contribution < 1.29 is 9.53 Å². The van der Waals surface area contributed by atoms with Gasteiger partial charge in [-0.15, -0.1) is 0 Å². The molecular weight excluding hydrogens is 375 g/mol. The van der Waals surface area contributed by atoms with Crippen LogP contribution in [-0.4, -0.2) is 41.0 Å². The number of ether oxygens (including phenoxy) is 1. The molecule has 1 aliphatic rings. The van der Waals surface area contributed by atoms with Crippen LogP contribution in [0.4, 0.5) is 4.79 Å². The number of amides is 1. The Morgan fingerprint density at radius 2 is 2.00 bits per heavy atom. The molecule has 1 aromatic heterocycles. The Bertz CT molecular complexity index is 1140. The summed E-state index contributed by atoms with van der Waals surface area (Å²) in [6, 6.07) is 14.7. The van der Waals surface area contributed by atoms with Crippen molar-refractivity contribution in [2.45, 2.75) is 38.8 Å². The second-order valence-corrected chi connectivity index (χ2v) is 8.96. The number of H-pyrrole nitrogens is 1. The van der Waals surface area contributed by atoms with Gasteiger partial charge in [0.05, 0.1) is 29.9 Å². The summed E-state index contributed by atoms with van der Waals surface area (Å²) >= 11 is 0. The molecule has 1 amide bonds. The molecule has 1 fully saturated rings. The highest BCUT2D eigenvalue weighted by atomic mass is 16.6. The van der Waals surface area contributed by atoms with Crippen LogP contribution in [0.1, 0.15) is 39.1 Å². The number of hydrogen-bond acceptors (Lipinski definition) is 4. The van der Waals surface area contributed by atoms with Crippen LogP contribution in [-0.2, 0) is 4.74 Å². The molecule has 30 heavy (non-hydrogen) atoms. The number of carbonyl (C=O) groups is 1. The lowest BCUT2D eigenvalue weighted by Crippen LogP contribution is -2.37. The summed E-state index contributed by atoms with van der Waals surface area (Å²) < 4.78 is 5.55. The van der Waals surface area contributed by atoms with Crippen molar-refractivity contribution >= 4 is 30.2 Å². The van der Waals surface area contributed by atoms with Gasteiger partial charge in [-0.05, 0) is 44.0 Å². The average Bonchev–Trinajstić information content (AvgIpc) is 3.33. The molecule has 3 aromatic rings. The Hall–Kier alpha value is -3.27. The number of fused-ring (bicyclic) bond motifs is 1. The van der Waals surface area contributed by atoms with Crippen molar-refractivity contribution in [1.82, 2.24) is 14.9 Å². The third-order valence-electron chi connectivity index (χ3n) is 5.33. The first-order valence-electron chi connectivity index (χ1n) is 10.2. The quantitative estimate of drug-likeness (QED) is 0.670. The van der Waals surface area contributed by atoms with Crippen LogP contribution in [0.25, 0.3) is 22.0 Å². The van der Waals surface area contributed by atoms with Crippen LogP contribution < -0.4 is 5.46 Å². The van der Waals surface area contributed by atoms with Crippen LogP contribution in [0.3, 0.4) is 0 Å². The molecule has 2 atom stereocenters. The number of nitrogens with zero attached hydrogens (tertiary/aromatic N) is 3. The molecule has 0 spiro atoms. The largest absolute Gasteiger partial charge is 0.444 e. The smallest absolute Gasteiger partial charge is 0.410 e. The van der Waals surface area contributed by atoms with Crippen molar-refractivity contribution in [1.29, 1.82) is 5.26 Å². The number of aromatic amines is 1. The molecule has 7 heteroatoms. The van der Waals surface area contributed by atoms with Gasteiger partial charge in [0.1, 0.15) is 19.3 Å². The zero-order chi connectivity index (χ0) is 21.5. The number of imidazole rings is 1. The molecule has 0 unspecified atom stereocenters. The molecule has 6 nitrogen and oxygen atoms in total. The van der Waals surface area contributed by atoms with E-state index in [1.165, 1.54) is 10.8 Å². The number of hydrogen-bond donors (Lipinski definition) is 1. The van der Waals surface area contributed by atoms with Crippen LogP contribution in [0, 0.1) is 17.2 Å². The molecule has 1 saturated heterocycles. The molecule has 0 bridgehead atoms. The fourth-order valence-electron chi connectivity index (χ4n) is 3.90. The zero-order valence-electron chi connectivity index (χ0n) is 17.8. The Morgan fingerprint density at radius 3 is 2.73 bits per heavy atom. The van der Waals surface area contributed by atoms with Gasteiger partial charge in [-0.25, -0.2) is 9.78 Å². The third-order valence-corrected chi connectivity index (χ3v) is 5.33. The normalized spacial score (nSPS) is 19.1. The summed E-state index contributed by atoms with van der Waals surface area (Å²) in [7, 11) is 2.08. The fourth-order valence-corrected chi connectivity index (χ4v) is 3.90. The molecule has 0 aliphatic carbocycles. The summed E-state index contributed by atoms with van der Waals surface area (Å²) in [4.78, 5) is 22.2. The minimum absolute atomic E-state index is 0.236. The monoisotopic (exact) mass is 400 g/mol. The lowest BCUT2D eigenvalue weighted by molar-refractivity contribution is 0.0216. The summed E-state index contributed by atoms with van der Waals surface area (Å²) in [5, 5.41) is 11.8. The molecule has 0 radical (unpaired) electrons. The highest BCUT2D eigenvalue weighted by Crippen LogP contribution is 2.36. The Labute approximate surface area is 177 Å². The molecule has 4 rings (SSSR count). The van der Waals surface area contributed by atoms with Crippen LogP contribution in [0.5, 0.6) is 0 Å². The number of likely N-dealkylation sites (tertiary alicyclic amines) is 1. The van der Waals surface area contributed by atoms with E-state index in [2.05, 4.69) is 60.3 Å². The molecule has 0 saturated carbocycles. The average molecular weight is 400 g/mol. The number of aromatic nitrogens is 2. The molecule has 1 N–H and O–H groups in total. The minimum atomic E-state index is -0.593. The number of rotatable bonds is 2. The van der Waals surface area contributed by atoms with Gasteiger partial charge in [-0.2, -0.15) is 5.26 Å². The van der Waals surface area contributed by atoms with Crippen molar-refractivity contribution in [2.24, 2.45) is 5.92 Å². The van der Waals surface area contributed by atoms with Gasteiger partial charge >= 0.3 is 6.09 Å². The van der Waals surface area contributed by atoms with E-state index in [1.54, 1.807) is 11.1 Å². The Balaban J connectivity index is 1.62. The maximum absolute atomic E-state index is 12.7. The van der Waals surface area contributed by atoms with Gasteiger partial charge in [0.15, 0.2) is 0 Å². The second kappa shape index (κ2) is 7.53. The van der Waals surface area contributed by atoms with Crippen LogP contribution >= 0.6 is 0 Å². The van der Waals surface area contributed by atoms with Crippen LogP contribution in [0.15, 0.2) is 42.6 Å². The maximum atomic E-state index is 12.7. The summed E-state index contributed by atoms with van der Waals surface area (Å²) in [5.41, 5.74) is 2.56. The van der Waals surface area contributed by atoms with Gasteiger partial charge in [-0.3, -0.25) is 4.90 Å². The van der Waals surface area contributed by atoms with Gasteiger partial charge in [0.25, 0.3) is 0 Å². The standard InChI is InChI=1S/C23H25BN4O2/c1-23(2,3)30-22(29)28-13-14(11-25)8-20(28)21-26-12-19(27-21)17-5-4-16-10-18(24)7-6-15(16)9-17/h4-7,9-10,12,14,20H,8,13,24H2,1-3H3,(H,26,27)/t14-,20+/m0/s1. The van der Waals surface area contributed by atoms with Crippen LogP contribution in [0.2, 0.25) is 0 Å². The number of benzene rings is 2. The van der Waals surface area contributed by atoms with Gasteiger partial charge in [0, 0.05) is 12.1 Å². The van der Waals surface area contributed by atoms with E-state index < -0.39 is 11.7 Å². The zero-order valence-corrected chi connectivity index (χ0v) is 17.8. The van der Waals surface area contributed by atoms with E-state index in [1.807, 2.05) is 20.8 Å². The van der Waals surface area contributed by atoms with Crippen molar-refractivity contribution in [3.05, 3.63) is 48.4 Å². The summed E-state index contributed by atoms with van der Waals surface area (Å²) in [6.07, 6.45) is 1.92. The van der Waals surface area contributed by atoms with Crippen molar-refractivity contribution in [2.75, 3.05) is 6.54 Å². The second-order valence-electron chi connectivity index (χ2n) is 8.96.